The molecular formula is C10H5BrClIN2O2. The number of hydrogen-bond donors (Lipinski definition) is 2. The molecule has 0 saturated carbocycles. The zero-order valence-electron chi connectivity index (χ0n) is 8.17. The molecule has 1 aromatic carbocycles. The Kier molecular flexibility index (Phi) is 3.74. The van der Waals surface area contributed by atoms with E-state index in [0.717, 1.165) is 4.47 Å². The average Bonchev–Trinajstić information content (AvgIpc) is 2.29. The highest BCUT2D eigenvalue weighted by molar-refractivity contribution is 14.1. The summed E-state index contributed by atoms with van der Waals surface area (Å²) in [6.07, 6.45) is 0. The highest BCUT2D eigenvalue weighted by Crippen LogP contribution is 2.27. The van der Waals surface area contributed by atoms with Crippen molar-refractivity contribution in [3.63, 3.8) is 0 Å². The van der Waals surface area contributed by atoms with Crippen molar-refractivity contribution in [2.45, 2.75) is 0 Å². The van der Waals surface area contributed by atoms with Gasteiger partial charge >= 0.3 is 0 Å². The molecule has 0 aliphatic carbocycles. The van der Waals surface area contributed by atoms with Gasteiger partial charge in [-0.1, -0.05) is 17.7 Å². The van der Waals surface area contributed by atoms with Crippen LogP contribution in [0.2, 0.25) is 5.02 Å². The molecule has 0 radical (unpaired) electrons. The molecule has 0 spiro atoms. The molecule has 7 heteroatoms. The van der Waals surface area contributed by atoms with E-state index in [1.807, 2.05) is 0 Å². The van der Waals surface area contributed by atoms with Crippen LogP contribution in [0.1, 0.15) is 0 Å². The number of aromatic nitrogens is 2. The van der Waals surface area contributed by atoms with E-state index < -0.39 is 0 Å². The van der Waals surface area contributed by atoms with Crippen LogP contribution in [0.15, 0.2) is 27.5 Å². The predicted octanol–water partition coefficient (Wildman–Crippen LogP) is 3.16. The van der Waals surface area contributed by atoms with Gasteiger partial charge in [0.25, 0.3) is 5.56 Å². The van der Waals surface area contributed by atoms with E-state index in [-0.39, 0.29) is 20.8 Å². The summed E-state index contributed by atoms with van der Waals surface area (Å²) < 4.78 is 0.912. The van der Waals surface area contributed by atoms with Gasteiger partial charge in [-0.2, -0.15) is 4.98 Å². The van der Waals surface area contributed by atoms with Gasteiger partial charge < -0.3 is 10.1 Å². The molecule has 2 N–H and O–H groups in total. The van der Waals surface area contributed by atoms with Gasteiger partial charge in [-0.3, -0.25) is 4.79 Å². The quantitative estimate of drug-likeness (QED) is 0.688. The fourth-order valence-electron chi connectivity index (χ4n) is 1.23. The maximum atomic E-state index is 11.5. The van der Waals surface area contributed by atoms with E-state index in [9.17, 15) is 9.90 Å². The maximum absolute atomic E-state index is 11.5. The van der Waals surface area contributed by atoms with Crippen LogP contribution in [0.4, 0.5) is 0 Å². The minimum absolute atomic E-state index is 0.162. The Morgan fingerprint density at radius 3 is 2.76 bits per heavy atom. The molecule has 0 atom stereocenters. The maximum Gasteiger partial charge on any atom is 0.268 e. The van der Waals surface area contributed by atoms with Crippen LogP contribution in [0.3, 0.4) is 0 Å². The van der Waals surface area contributed by atoms with Crippen LogP contribution in [-0.4, -0.2) is 15.1 Å². The number of aromatic hydroxyl groups is 1. The molecule has 88 valence electrons. The molecule has 0 amide bonds. The first-order valence-electron chi connectivity index (χ1n) is 4.43. The second-order valence-corrected chi connectivity index (χ2v) is 5.52. The first-order chi connectivity index (χ1) is 7.99. The lowest BCUT2D eigenvalue weighted by molar-refractivity contribution is 0.447. The second-order valence-electron chi connectivity index (χ2n) is 3.18. The molecule has 2 rings (SSSR count). The third-order valence-electron chi connectivity index (χ3n) is 2.04. The molecule has 1 heterocycles. The number of nitrogens with zero attached hydrogens (tertiary/aromatic N) is 1. The van der Waals surface area contributed by atoms with Crippen molar-refractivity contribution in [1.29, 1.82) is 0 Å². The van der Waals surface area contributed by atoms with Crippen molar-refractivity contribution in [1.82, 2.24) is 9.97 Å². The molecule has 0 aliphatic rings. The number of aromatic amines is 1. The van der Waals surface area contributed by atoms with E-state index in [0.29, 0.717) is 10.6 Å². The molecule has 0 aliphatic heterocycles. The minimum Gasteiger partial charge on any atom is -0.492 e. The Morgan fingerprint density at radius 1 is 1.47 bits per heavy atom. The topological polar surface area (TPSA) is 66.0 Å². The molecule has 0 unspecified atom stereocenters. The fraction of sp³-hybridized carbons (Fsp3) is 0. The minimum atomic E-state index is -0.382. The van der Waals surface area contributed by atoms with Gasteiger partial charge in [-0.25, -0.2) is 0 Å². The van der Waals surface area contributed by atoms with Crippen LogP contribution in [-0.2, 0) is 0 Å². The average molecular weight is 427 g/mol. The van der Waals surface area contributed by atoms with E-state index in [1.165, 1.54) is 0 Å². The summed E-state index contributed by atoms with van der Waals surface area (Å²) in [6, 6.07) is 5.13. The zero-order chi connectivity index (χ0) is 12.6. The van der Waals surface area contributed by atoms with Crippen LogP contribution in [0.25, 0.3) is 11.4 Å². The van der Waals surface area contributed by atoms with Crippen LogP contribution < -0.4 is 5.56 Å². The van der Waals surface area contributed by atoms with Crippen LogP contribution in [0, 0.1) is 3.57 Å². The van der Waals surface area contributed by atoms with Gasteiger partial charge in [-0.15, -0.1) is 0 Å². The van der Waals surface area contributed by atoms with E-state index in [2.05, 4.69) is 25.9 Å². The van der Waals surface area contributed by atoms with Gasteiger partial charge in [0.15, 0.2) is 0 Å². The van der Waals surface area contributed by atoms with Crippen molar-refractivity contribution >= 4 is 50.1 Å². The van der Waals surface area contributed by atoms with Gasteiger partial charge in [0.1, 0.15) is 9.39 Å². The van der Waals surface area contributed by atoms with Crippen molar-refractivity contribution in [2.24, 2.45) is 0 Å². The summed E-state index contributed by atoms with van der Waals surface area (Å²) in [5, 5.41) is 9.99. The van der Waals surface area contributed by atoms with Crippen molar-refractivity contribution in [2.75, 3.05) is 0 Å². The van der Waals surface area contributed by atoms with Gasteiger partial charge in [-0.05, 0) is 50.7 Å². The monoisotopic (exact) mass is 426 g/mol. The number of halogens is 3. The third-order valence-corrected chi connectivity index (χ3v) is 4.24. The van der Waals surface area contributed by atoms with Crippen molar-refractivity contribution in [3.8, 4) is 17.3 Å². The SMILES string of the molecule is O=c1[nH]c(-c2ccc(Br)c(Cl)c2)nc(O)c1I. The van der Waals surface area contributed by atoms with Gasteiger partial charge in [0.2, 0.25) is 5.88 Å². The summed E-state index contributed by atoms with van der Waals surface area (Å²) in [7, 11) is 0. The number of rotatable bonds is 1. The molecule has 17 heavy (non-hydrogen) atoms. The summed E-state index contributed by atoms with van der Waals surface area (Å²) in [5.41, 5.74) is 0.245. The number of benzene rings is 1. The standard InChI is InChI=1S/C10H5BrClIN2O2/c11-5-2-1-4(3-6(5)12)8-14-9(16)7(13)10(17)15-8/h1-3H,(H2,14,15,16,17). The molecule has 0 saturated heterocycles. The number of H-pyrrole nitrogens is 1. The largest absolute Gasteiger partial charge is 0.492 e. The Balaban J connectivity index is 2.61. The van der Waals surface area contributed by atoms with Gasteiger partial charge in [0, 0.05) is 10.0 Å². The first kappa shape index (κ1) is 12.8. The van der Waals surface area contributed by atoms with Crippen LogP contribution >= 0.6 is 50.1 Å². The smallest absolute Gasteiger partial charge is 0.268 e. The lowest BCUT2D eigenvalue weighted by atomic mass is 10.2. The van der Waals surface area contributed by atoms with E-state index in [1.54, 1.807) is 40.8 Å². The Labute approximate surface area is 123 Å². The molecule has 0 bridgehead atoms. The van der Waals surface area contributed by atoms with Crippen molar-refractivity contribution in [3.05, 3.63) is 41.6 Å². The second kappa shape index (κ2) is 4.95. The Bertz CT molecular complexity index is 645. The predicted molar refractivity (Wildman–Crippen MR) is 77.4 cm³/mol. The Hall–Kier alpha value is -0.600. The molecule has 4 nitrogen and oxygen atoms in total. The van der Waals surface area contributed by atoms with Gasteiger partial charge in [0.05, 0.1) is 5.02 Å². The fourth-order valence-corrected chi connectivity index (χ4v) is 1.91. The van der Waals surface area contributed by atoms with Crippen LogP contribution in [0.5, 0.6) is 5.88 Å². The summed E-state index contributed by atoms with van der Waals surface area (Å²) in [5.74, 6) is -0.00860. The molecule has 2 aromatic rings. The molecular weight excluding hydrogens is 422 g/mol. The normalized spacial score (nSPS) is 10.5. The summed E-state index contributed by atoms with van der Waals surface area (Å²) in [6.45, 7) is 0. The summed E-state index contributed by atoms with van der Waals surface area (Å²) in [4.78, 5) is 17.9. The molecule has 1 aromatic heterocycles. The summed E-state index contributed by atoms with van der Waals surface area (Å²) >= 11 is 10.9. The molecule has 0 fully saturated rings. The highest BCUT2D eigenvalue weighted by Gasteiger charge is 2.10. The first-order valence-corrected chi connectivity index (χ1v) is 6.68. The van der Waals surface area contributed by atoms with Crippen molar-refractivity contribution < 1.29 is 5.11 Å². The van der Waals surface area contributed by atoms with E-state index in [4.69, 9.17) is 11.6 Å². The Morgan fingerprint density at radius 2 is 2.18 bits per heavy atom. The zero-order valence-corrected chi connectivity index (χ0v) is 12.7. The highest BCUT2D eigenvalue weighted by atomic mass is 127. The lowest BCUT2D eigenvalue weighted by Gasteiger charge is -2.04. The number of hydrogen-bond acceptors (Lipinski definition) is 3. The number of nitrogens with one attached hydrogen (secondary N) is 1. The lowest BCUT2D eigenvalue weighted by Crippen LogP contribution is -2.12. The third kappa shape index (κ3) is 2.63. The van der Waals surface area contributed by atoms with E-state index >= 15 is 0 Å².